The molecule has 7 heteroatoms. The lowest BCUT2D eigenvalue weighted by atomic mass is 9.95. The van der Waals surface area contributed by atoms with Gasteiger partial charge in [-0.15, -0.1) is 0 Å². The molecule has 1 amide bonds. The molecule has 0 saturated heterocycles. The van der Waals surface area contributed by atoms with Crippen LogP contribution in [0.2, 0.25) is 0 Å². The molecule has 0 saturated carbocycles. The van der Waals surface area contributed by atoms with Gasteiger partial charge in [0, 0.05) is 49.6 Å². The number of amides is 1. The highest BCUT2D eigenvalue weighted by atomic mass is 16.5. The third-order valence-electron chi connectivity index (χ3n) is 4.97. The summed E-state index contributed by atoms with van der Waals surface area (Å²) >= 11 is 0. The fraction of sp³-hybridized carbons (Fsp3) is 0.318. The van der Waals surface area contributed by atoms with Crippen LogP contribution >= 0.6 is 0 Å². The molecule has 1 N–H and O–H groups in total. The second-order valence-corrected chi connectivity index (χ2v) is 6.99. The highest BCUT2D eigenvalue weighted by Crippen LogP contribution is 2.23. The Kier molecular flexibility index (Phi) is 5.74. The number of ether oxygens (including phenoxy) is 2. The summed E-state index contributed by atoms with van der Waals surface area (Å²) in [5.41, 5.74) is 2.06. The molecule has 3 aromatic rings. The first-order valence-corrected chi connectivity index (χ1v) is 9.83. The van der Waals surface area contributed by atoms with Gasteiger partial charge in [0.1, 0.15) is 11.5 Å². The van der Waals surface area contributed by atoms with Gasteiger partial charge in [-0.1, -0.05) is 0 Å². The standard InChI is InChI=1S/C22H24N4O3/c1-2-28-19-3-5-20(6-4-19)29-21-11-16(7-9-24-21)13-25-22(27)17-8-10-26-15-23-14-18(26)12-17/h3-7,9,11,14-15,17H,2,8,10,12-13H2,1H3,(H,25,27)/t17-/m0/s1. The Morgan fingerprint density at radius 2 is 2.07 bits per heavy atom. The quantitative estimate of drug-likeness (QED) is 0.667. The van der Waals surface area contributed by atoms with E-state index in [1.54, 1.807) is 6.20 Å². The van der Waals surface area contributed by atoms with Crippen LogP contribution in [-0.2, 0) is 24.3 Å². The second-order valence-electron chi connectivity index (χ2n) is 6.99. The van der Waals surface area contributed by atoms with E-state index in [-0.39, 0.29) is 11.8 Å². The van der Waals surface area contributed by atoms with Gasteiger partial charge < -0.3 is 19.4 Å². The zero-order valence-electron chi connectivity index (χ0n) is 16.4. The van der Waals surface area contributed by atoms with Crippen molar-refractivity contribution < 1.29 is 14.3 Å². The normalized spacial score (nSPS) is 15.4. The molecule has 0 unspecified atom stereocenters. The van der Waals surface area contributed by atoms with Crippen LogP contribution in [0, 0.1) is 5.92 Å². The molecule has 150 valence electrons. The van der Waals surface area contributed by atoms with Crippen molar-refractivity contribution in [3.63, 3.8) is 0 Å². The summed E-state index contributed by atoms with van der Waals surface area (Å²) in [5.74, 6) is 2.03. The van der Waals surface area contributed by atoms with Crippen molar-refractivity contribution in [1.82, 2.24) is 19.9 Å². The number of aromatic nitrogens is 3. The second kappa shape index (κ2) is 8.77. The van der Waals surface area contributed by atoms with Crippen LogP contribution in [0.3, 0.4) is 0 Å². The van der Waals surface area contributed by atoms with Gasteiger partial charge in [-0.2, -0.15) is 0 Å². The van der Waals surface area contributed by atoms with E-state index in [4.69, 9.17) is 9.47 Å². The number of fused-ring (bicyclic) bond motifs is 1. The van der Waals surface area contributed by atoms with E-state index in [1.165, 1.54) is 0 Å². The van der Waals surface area contributed by atoms with Gasteiger partial charge in [-0.25, -0.2) is 9.97 Å². The fourth-order valence-corrected chi connectivity index (χ4v) is 3.43. The number of benzene rings is 1. The van der Waals surface area contributed by atoms with Crippen molar-refractivity contribution >= 4 is 5.91 Å². The summed E-state index contributed by atoms with van der Waals surface area (Å²) < 4.78 is 13.4. The van der Waals surface area contributed by atoms with Crippen molar-refractivity contribution in [2.45, 2.75) is 32.9 Å². The first-order chi connectivity index (χ1) is 14.2. The van der Waals surface area contributed by atoms with E-state index < -0.39 is 0 Å². The molecular weight excluding hydrogens is 368 g/mol. The number of imidazole rings is 1. The molecule has 29 heavy (non-hydrogen) atoms. The number of rotatable bonds is 7. The zero-order valence-corrected chi connectivity index (χ0v) is 16.4. The van der Waals surface area contributed by atoms with Gasteiger partial charge in [0.2, 0.25) is 11.8 Å². The topological polar surface area (TPSA) is 78.3 Å². The molecule has 1 aliphatic heterocycles. The Morgan fingerprint density at radius 1 is 1.24 bits per heavy atom. The monoisotopic (exact) mass is 392 g/mol. The lowest BCUT2D eigenvalue weighted by Gasteiger charge is -2.23. The van der Waals surface area contributed by atoms with E-state index in [1.807, 2.05) is 55.8 Å². The smallest absolute Gasteiger partial charge is 0.223 e. The number of hydrogen-bond acceptors (Lipinski definition) is 5. The molecule has 1 aromatic carbocycles. The zero-order chi connectivity index (χ0) is 20.1. The predicted octanol–water partition coefficient (Wildman–Crippen LogP) is 3.35. The van der Waals surface area contributed by atoms with Crippen LogP contribution in [-0.4, -0.2) is 27.0 Å². The van der Waals surface area contributed by atoms with Crippen molar-refractivity contribution in [3.8, 4) is 17.4 Å². The van der Waals surface area contributed by atoms with Gasteiger partial charge in [-0.3, -0.25) is 4.79 Å². The average molecular weight is 392 g/mol. The highest BCUT2D eigenvalue weighted by Gasteiger charge is 2.24. The van der Waals surface area contributed by atoms with E-state index in [9.17, 15) is 4.79 Å². The van der Waals surface area contributed by atoms with E-state index in [0.29, 0.717) is 24.8 Å². The van der Waals surface area contributed by atoms with E-state index >= 15 is 0 Å². The Hall–Kier alpha value is -3.35. The highest BCUT2D eigenvalue weighted by molar-refractivity contribution is 5.79. The molecule has 7 nitrogen and oxygen atoms in total. The molecule has 1 atom stereocenters. The molecule has 1 aliphatic rings. The number of aryl methyl sites for hydroxylation is 1. The van der Waals surface area contributed by atoms with Crippen LogP contribution in [0.1, 0.15) is 24.6 Å². The maximum Gasteiger partial charge on any atom is 0.223 e. The lowest BCUT2D eigenvalue weighted by Crippen LogP contribution is -2.34. The third kappa shape index (κ3) is 4.74. The molecule has 0 bridgehead atoms. The molecule has 0 fully saturated rings. The lowest BCUT2D eigenvalue weighted by molar-refractivity contribution is -0.125. The predicted molar refractivity (Wildman–Crippen MR) is 108 cm³/mol. The van der Waals surface area contributed by atoms with Gasteiger partial charge in [0.05, 0.1) is 12.9 Å². The minimum absolute atomic E-state index is 0.0133. The van der Waals surface area contributed by atoms with E-state index in [2.05, 4.69) is 19.9 Å². The molecular formula is C22H24N4O3. The molecule has 0 spiro atoms. The van der Waals surface area contributed by atoms with Gasteiger partial charge >= 0.3 is 0 Å². The first kappa shape index (κ1) is 19.0. The van der Waals surface area contributed by atoms with Crippen molar-refractivity contribution in [3.05, 3.63) is 66.4 Å². The van der Waals surface area contributed by atoms with Crippen molar-refractivity contribution in [2.24, 2.45) is 5.92 Å². The minimum Gasteiger partial charge on any atom is -0.494 e. The fourth-order valence-electron chi connectivity index (χ4n) is 3.43. The number of carbonyl (C=O) groups is 1. The van der Waals surface area contributed by atoms with Gasteiger partial charge in [0.15, 0.2) is 0 Å². The number of pyridine rings is 1. The largest absolute Gasteiger partial charge is 0.494 e. The molecule has 4 rings (SSSR count). The maximum atomic E-state index is 12.6. The minimum atomic E-state index is -0.0133. The van der Waals surface area contributed by atoms with Crippen molar-refractivity contribution in [2.75, 3.05) is 6.61 Å². The molecule has 2 aromatic heterocycles. The SMILES string of the molecule is CCOc1ccc(Oc2cc(CNC(=O)[C@H]3CCn4cncc4C3)ccn2)cc1. The van der Waals surface area contributed by atoms with E-state index in [0.717, 1.165) is 36.4 Å². The number of nitrogens with zero attached hydrogens (tertiary/aromatic N) is 3. The van der Waals surface area contributed by atoms with Crippen LogP contribution in [0.5, 0.6) is 17.4 Å². The summed E-state index contributed by atoms with van der Waals surface area (Å²) in [6, 6.07) is 11.1. The summed E-state index contributed by atoms with van der Waals surface area (Å²) in [5, 5.41) is 3.04. The van der Waals surface area contributed by atoms with Crippen LogP contribution in [0.25, 0.3) is 0 Å². The number of hydrogen-bond donors (Lipinski definition) is 1. The van der Waals surface area contributed by atoms with Gasteiger partial charge in [0.25, 0.3) is 0 Å². The molecule has 3 heterocycles. The number of carbonyl (C=O) groups excluding carboxylic acids is 1. The van der Waals surface area contributed by atoms with Crippen LogP contribution < -0.4 is 14.8 Å². The molecule has 0 aliphatic carbocycles. The summed E-state index contributed by atoms with van der Waals surface area (Å²) in [6.07, 6.45) is 6.91. The van der Waals surface area contributed by atoms with Crippen LogP contribution in [0.15, 0.2) is 55.1 Å². The van der Waals surface area contributed by atoms with Crippen LogP contribution in [0.4, 0.5) is 0 Å². The van der Waals surface area contributed by atoms with Gasteiger partial charge in [-0.05, 0) is 49.2 Å². The Bertz CT molecular complexity index is 968. The average Bonchev–Trinajstić information content (AvgIpc) is 3.22. The Morgan fingerprint density at radius 3 is 2.90 bits per heavy atom. The third-order valence-corrected chi connectivity index (χ3v) is 4.97. The van der Waals surface area contributed by atoms with Crippen molar-refractivity contribution in [1.29, 1.82) is 0 Å². The first-order valence-electron chi connectivity index (χ1n) is 9.83. The Labute approximate surface area is 169 Å². The molecule has 0 radical (unpaired) electrons. The summed E-state index contributed by atoms with van der Waals surface area (Å²) in [7, 11) is 0. The Balaban J connectivity index is 1.32. The number of nitrogens with one attached hydrogen (secondary N) is 1. The summed E-state index contributed by atoms with van der Waals surface area (Å²) in [6.45, 7) is 3.85. The summed E-state index contributed by atoms with van der Waals surface area (Å²) in [4.78, 5) is 21.0. The maximum absolute atomic E-state index is 12.6.